The Balaban J connectivity index is 3.77. The Morgan fingerprint density at radius 2 is 1.72 bits per heavy atom. The molecule has 1 amide bonds. The van der Waals surface area contributed by atoms with Crippen LogP contribution in [0.2, 0.25) is 0 Å². The molecule has 0 aromatic carbocycles. The maximum atomic E-state index is 11.9. The van der Waals surface area contributed by atoms with Gasteiger partial charge in [-0.15, -0.1) is 0 Å². The lowest BCUT2D eigenvalue weighted by atomic mass is 10.1. The molecule has 0 unspecified atom stereocenters. The number of amides is 1. The molecule has 0 rings (SSSR count). The van der Waals surface area contributed by atoms with Crippen molar-refractivity contribution in [3.63, 3.8) is 0 Å². The minimum Gasteiger partial charge on any atom is -0.480 e. The van der Waals surface area contributed by atoms with Crippen molar-refractivity contribution in [2.24, 2.45) is 0 Å². The van der Waals surface area contributed by atoms with Gasteiger partial charge in [-0.2, -0.15) is 0 Å². The van der Waals surface area contributed by atoms with E-state index in [-0.39, 0.29) is 38.1 Å². The van der Waals surface area contributed by atoms with Crippen LogP contribution in [0.25, 0.3) is 0 Å². The van der Waals surface area contributed by atoms with E-state index in [1.165, 1.54) is 0 Å². The molecule has 9 nitrogen and oxygen atoms in total. The topological polar surface area (TPSA) is 123 Å². The second-order valence-corrected chi connectivity index (χ2v) is 6.32. The van der Waals surface area contributed by atoms with Crippen LogP contribution in [0.5, 0.6) is 0 Å². The molecule has 25 heavy (non-hydrogen) atoms. The Morgan fingerprint density at radius 1 is 1.08 bits per heavy atom. The highest BCUT2D eigenvalue weighted by Gasteiger charge is 2.24. The lowest BCUT2D eigenvalue weighted by Gasteiger charge is -2.23. The molecule has 0 spiro atoms. The summed E-state index contributed by atoms with van der Waals surface area (Å²) in [5.41, 5.74) is -0.569. The molecule has 0 aliphatic heterocycles. The summed E-state index contributed by atoms with van der Waals surface area (Å²) in [6, 6.07) is -0.535. The van der Waals surface area contributed by atoms with E-state index in [0.29, 0.717) is 19.6 Å². The maximum absolute atomic E-state index is 11.9. The highest BCUT2D eigenvalue weighted by atomic mass is 16.6. The summed E-state index contributed by atoms with van der Waals surface area (Å²) in [7, 11) is 1.65. The second-order valence-electron chi connectivity index (χ2n) is 6.32. The SMILES string of the molecule is CN[C@@H](CCC(=O)NCCOCCOCC(=O)O)C(=O)OC(C)(C)C. The van der Waals surface area contributed by atoms with Crippen LogP contribution in [-0.2, 0) is 28.6 Å². The first-order valence-corrected chi connectivity index (χ1v) is 8.20. The molecular formula is C16H30N2O7. The summed E-state index contributed by atoms with van der Waals surface area (Å²) in [6.45, 7) is 6.07. The third-order valence-electron chi connectivity index (χ3n) is 2.87. The number of hydrogen-bond acceptors (Lipinski definition) is 7. The van der Waals surface area contributed by atoms with Gasteiger partial charge in [-0.1, -0.05) is 0 Å². The van der Waals surface area contributed by atoms with Crippen LogP contribution in [0, 0.1) is 0 Å². The van der Waals surface area contributed by atoms with Gasteiger partial charge in [-0.05, 0) is 34.2 Å². The summed E-state index contributed by atoms with van der Waals surface area (Å²) in [5.74, 6) is -1.60. The smallest absolute Gasteiger partial charge is 0.329 e. The monoisotopic (exact) mass is 362 g/mol. The number of carbonyl (C=O) groups excluding carboxylic acids is 2. The van der Waals surface area contributed by atoms with Crippen molar-refractivity contribution in [3.05, 3.63) is 0 Å². The highest BCUT2D eigenvalue weighted by Crippen LogP contribution is 2.10. The van der Waals surface area contributed by atoms with Gasteiger partial charge in [-0.3, -0.25) is 9.59 Å². The normalized spacial score (nSPS) is 12.5. The molecule has 3 N–H and O–H groups in total. The van der Waals surface area contributed by atoms with Crippen molar-refractivity contribution >= 4 is 17.8 Å². The van der Waals surface area contributed by atoms with Crippen LogP contribution in [0.15, 0.2) is 0 Å². The fourth-order valence-corrected chi connectivity index (χ4v) is 1.76. The molecule has 0 aromatic rings. The Morgan fingerprint density at radius 3 is 2.28 bits per heavy atom. The first kappa shape index (κ1) is 23.3. The highest BCUT2D eigenvalue weighted by molar-refractivity contribution is 5.79. The minimum absolute atomic E-state index is 0.181. The lowest BCUT2D eigenvalue weighted by molar-refractivity contribution is -0.157. The van der Waals surface area contributed by atoms with Crippen molar-refractivity contribution in [2.45, 2.75) is 45.3 Å². The van der Waals surface area contributed by atoms with Gasteiger partial charge in [0.05, 0.1) is 19.8 Å². The van der Waals surface area contributed by atoms with Crippen LogP contribution < -0.4 is 10.6 Å². The summed E-state index contributed by atoms with van der Waals surface area (Å²) in [4.78, 5) is 33.9. The Kier molecular flexibility index (Phi) is 11.8. The van der Waals surface area contributed by atoms with Gasteiger partial charge in [0.1, 0.15) is 18.2 Å². The Bertz CT molecular complexity index is 421. The van der Waals surface area contributed by atoms with Crippen LogP contribution in [0.1, 0.15) is 33.6 Å². The lowest BCUT2D eigenvalue weighted by Crippen LogP contribution is -2.40. The van der Waals surface area contributed by atoms with Gasteiger partial charge in [0.2, 0.25) is 5.91 Å². The molecule has 0 aliphatic carbocycles. The fourth-order valence-electron chi connectivity index (χ4n) is 1.76. The van der Waals surface area contributed by atoms with Crippen molar-refractivity contribution < 1.29 is 33.7 Å². The largest absolute Gasteiger partial charge is 0.480 e. The molecular weight excluding hydrogens is 332 g/mol. The van der Waals surface area contributed by atoms with Gasteiger partial charge in [0, 0.05) is 13.0 Å². The van der Waals surface area contributed by atoms with Crippen LogP contribution in [-0.4, -0.2) is 74.6 Å². The number of ether oxygens (including phenoxy) is 3. The van der Waals surface area contributed by atoms with E-state index in [1.54, 1.807) is 27.8 Å². The minimum atomic E-state index is -1.03. The van der Waals surface area contributed by atoms with E-state index >= 15 is 0 Å². The van der Waals surface area contributed by atoms with Gasteiger partial charge in [0.15, 0.2) is 0 Å². The molecule has 0 fully saturated rings. The molecule has 0 saturated carbocycles. The Hall–Kier alpha value is -1.71. The van der Waals surface area contributed by atoms with E-state index < -0.39 is 17.6 Å². The number of rotatable bonds is 13. The number of carboxylic acids is 1. The van der Waals surface area contributed by atoms with Crippen molar-refractivity contribution in [1.82, 2.24) is 10.6 Å². The zero-order valence-corrected chi connectivity index (χ0v) is 15.4. The summed E-state index contributed by atoms with van der Waals surface area (Å²) in [5, 5.41) is 13.9. The first-order valence-electron chi connectivity index (χ1n) is 8.20. The number of carbonyl (C=O) groups is 3. The molecule has 1 atom stereocenters. The van der Waals surface area contributed by atoms with E-state index in [9.17, 15) is 14.4 Å². The van der Waals surface area contributed by atoms with Gasteiger partial charge in [-0.25, -0.2) is 4.79 Å². The summed E-state index contributed by atoms with van der Waals surface area (Å²) < 4.78 is 15.3. The van der Waals surface area contributed by atoms with Crippen molar-refractivity contribution in [2.75, 3.05) is 40.0 Å². The number of carboxylic acid groups (broad SMARTS) is 1. The molecule has 146 valence electrons. The number of aliphatic carboxylic acids is 1. The molecule has 0 radical (unpaired) electrons. The zero-order chi connectivity index (χ0) is 19.3. The predicted molar refractivity (Wildman–Crippen MR) is 90.2 cm³/mol. The van der Waals surface area contributed by atoms with Crippen LogP contribution in [0.3, 0.4) is 0 Å². The van der Waals surface area contributed by atoms with Gasteiger partial charge < -0.3 is 30.0 Å². The van der Waals surface area contributed by atoms with Crippen molar-refractivity contribution in [1.29, 1.82) is 0 Å². The predicted octanol–water partition coefficient (Wildman–Crippen LogP) is -0.0697. The van der Waals surface area contributed by atoms with E-state index in [1.807, 2.05) is 0 Å². The van der Waals surface area contributed by atoms with E-state index in [0.717, 1.165) is 0 Å². The average molecular weight is 362 g/mol. The average Bonchev–Trinajstić information content (AvgIpc) is 2.48. The number of hydrogen-bond donors (Lipinski definition) is 3. The molecule has 0 saturated heterocycles. The standard InChI is InChI=1S/C16H30N2O7/c1-16(2,3)25-15(22)12(17-4)5-6-13(19)18-7-8-23-9-10-24-11-14(20)21/h12,17H,5-11H2,1-4H3,(H,18,19)(H,20,21)/t12-/m0/s1. The van der Waals surface area contributed by atoms with Gasteiger partial charge in [0.25, 0.3) is 0 Å². The van der Waals surface area contributed by atoms with Crippen LogP contribution in [0.4, 0.5) is 0 Å². The Labute approximate surface area is 148 Å². The second kappa shape index (κ2) is 12.6. The number of nitrogens with one attached hydrogen (secondary N) is 2. The zero-order valence-electron chi connectivity index (χ0n) is 15.4. The third kappa shape index (κ3) is 14.3. The molecule has 0 aliphatic rings. The molecule has 9 heteroatoms. The number of esters is 1. The van der Waals surface area contributed by atoms with Gasteiger partial charge >= 0.3 is 11.9 Å². The fraction of sp³-hybridized carbons (Fsp3) is 0.812. The summed E-state index contributed by atoms with van der Waals surface area (Å²) in [6.07, 6.45) is 0.521. The van der Waals surface area contributed by atoms with E-state index in [4.69, 9.17) is 19.3 Å². The molecule has 0 bridgehead atoms. The summed E-state index contributed by atoms with van der Waals surface area (Å²) >= 11 is 0. The maximum Gasteiger partial charge on any atom is 0.329 e. The quantitative estimate of drug-likeness (QED) is 0.307. The molecule has 0 heterocycles. The first-order chi connectivity index (χ1) is 11.7. The van der Waals surface area contributed by atoms with E-state index in [2.05, 4.69) is 10.6 Å². The third-order valence-corrected chi connectivity index (χ3v) is 2.87. The van der Waals surface area contributed by atoms with Crippen LogP contribution >= 0.6 is 0 Å². The van der Waals surface area contributed by atoms with Crippen molar-refractivity contribution in [3.8, 4) is 0 Å². The molecule has 0 aromatic heterocycles. The number of likely N-dealkylation sites (N-methyl/N-ethyl adjacent to an activating group) is 1.